The van der Waals surface area contributed by atoms with Crippen LogP contribution in [0, 0.1) is 0 Å². The average molecular weight is 298 g/mol. The normalized spacial score (nSPS) is 11.0. The number of pyridine rings is 1. The van der Waals surface area contributed by atoms with E-state index in [9.17, 15) is 4.79 Å². The van der Waals surface area contributed by atoms with Crippen LogP contribution in [0.5, 0.6) is 0 Å². The number of aromatic nitrogens is 2. The lowest BCUT2D eigenvalue weighted by atomic mass is 10.3. The van der Waals surface area contributed by atoms with E-state index in [4.69, 9.17) is 0 Å². The minimum Gasteiger partial charge on any atom is -0.288 e. The molecule has 0 saturated carbocycles. The van der Waals surface area contributed by atoms with Gasteiger partial charge in [-0.25, -0.2) is 4.98 Å². The molecule has 0 saturated heterocycles. The first kappa shape index (κ1) is 12.9. The number of hydrogen-bond acceptors (Lipinski definition) is 5. The molecular formula is C15H10N2OS2. The summed E-state index contributed by atoms with van der Waals surface area (Å²) in [7, 11) is 0. The molecule has 0 unspecified atom stereocenters. The molecule has 3 heterocycles. The third kappa shape index (κ3) is 2.89. The summed E-state index contributed by atoms with van der Waals surface area (Å²) in [6, 6.07) is 9.41. The number of allylic oxidation sites excluding steroid dienone is 1. The van der Waals surface area contributed by atoms with Crippen molar-refractivity contribution in [2.75, 3.05) is 0 Å². The van der Waals surface area contributed by atoms with Gasteiger partial charge < -0.3 is 0 Å². The Morgan fingerprint density at radius 2 is 2.10 bits per heavy atom. The Bertz CT molecular complexity index is 730. The van der Waals surface area contributed by atoms with Gasteiger partial charge in [0, 0.05) is 11.6 Å². The maximum atomic E-state index is 11.8. The van der Waals surface area contributed by atoms with Gasteiger partial charge in [-0.3, -0.25) is 9.78 Å². The Kier molecular flexibility index (Phi) is 3.80. The van der Waals surface area contributed by atoms with Crippen molar-refractivity contribution in [3.8, 4) is 10.7 Å². The molecule has 98 valence electrons. The maximum Gasteiger partial charge on any atom is 0.195 e. The molecule has 0 bridgehead atoms. The predicted molar refractivity (Wildman–Crippen MR) is 83.0 cm³/mol. The number of thiophene rings is 1. The van der Waals surface area contributed by atoms with E-state index in [1.165, 1.54) is 22.7 Å². The molecule has 0 aliphatic rings. The first-order valence-corrected chi connectivity index (χ1v) is 7.72. The van der Waals surface area contributed by atoms with Crippen LogP contribution in [0.2, 0.25) is 0 Å². The zero-order chi connectivity index (χ0) is 13.8. The Balaban J connectivity index is 1.76. The van der Waals surface area contributed by atoms with Gasteiger partial charge in [-0.1, -0.05) is 12.1 Å². The van der Waals surface area contributed by atoms with E-state index in [0.717, 1.165) is 21.3 Å². The van der Waals surface area contributed by atoms with Crippen molar-refractivity contribution < 1.29 is 4.79 Å². The molecule has 3 rings (SSSR count). The van der Waals surface area contributed by atoms with E-state index in [0.29, 0.717) is 0 Å². The van der Waals surface area contributed by atoms with Crippen LogP contribution in [0.15, 0.2) is 53.4 Å². The highest BCUT2D eigenvalue weighted by molar-refractivity contribution is 7.13. The minimum atomic E-state index is 0.00684. The van der Waals surface area contributed by atoms with Gasteiger partial charge >= 0.3 is 0 Å². The molecule has 3 aromatic heterocycles. The van der Waals surface area contributed by atoms with Crippen LogP contribution in [0.1, 0.15) is 15.4 Å². The van der Waals surface area contributed by atoms with Gasteiger partial charge in [-0.2, -0.15) is 0 Å². The number of nitrogens with zero attached hydrogens (tertiary/aromatic N) is 2. The van der Waals surface area contributed by atoms with Crippen molar-refractivity contribution >= 4 is 34.5 Å². The molecule has 3 nitrogen and oxygen atoms in total. The molecule has 3 aromatic rings. The smallest absolute Gasteiger partial charge is 0.195 e. The van der Waals surface area contributed by atoms with Crippen molar-refractivity contribution in [1.29, 1.82) is 0 Å². The van der Waals surface area contributed by atoms with Crippen molar-refractivity contribution in [2.24, 2.45) is 0 Å². The molecule has 0 atom stereocenters. The first-order valence-electron chi connectivity index (χ1n) is 5.96. The standard InChI is InChI=1S/C15H10N2OS2/c18-13(14-5-3-9-19-14)7-6-11-10-20-15(17-11)12-4-1-2-8-16-12/h1-10H/b7-6-. The molecule has 0 radical (unpaired) electrons. The quantitative estimate of drug-likeness (QED) is 0.536. The molecule has 0 aromatic carbocycles. The minimum absolute atomic E-state index is 0.00684. The third-order valence-corrected chi connectivity index (χ3v) is 4.34. The van der Waals surface area contributed by atoms with Crippen LogP contribution in [0.25, 0.3) is 16.8 Å². The van der Waals surface area contributed by atoms with E-state index in [1.54, 1.807) is 18.3 Å². The molecule has 0 spiro atoms. The predicted octanol–water partition coefficient (Wildman–Crippen LogP) is 4.16. The summed E-state index contributed by atoms with van der Waals surface area (Å²) in [4.78, 5) is 21.3. The number of ketones is 1. The summed E-state index contributed by atoms with van der Waals surface area (Å²) in [6.45, 7) is 0. The molecule has 0 amide bonds. The Morgan fingerprint density at radius 1 is 1.15 bits per heavy atom. The molecule has 20 heavy (non-hydrogen) atoms. The van der Waals surface area contributed by atoms with Gasteiger partial charge in [-0.15, -0.1) is 22.7 Å². The second-order valence-electron chi connectivity index (χ2n) is 3.97. The van der Waals surface area contributed by atoms with Gasteiger partial charge in [0.2, 0.25) is 0 Å². The van der Waals surface area contributed by atoms with Crippen LogP contribution in [-0.4, -0.2) is 15.8 Å². The van der Waals surface area contributed by atoms with Gasteiger partial charge in [0.15, 0.2) is 5.78 Å². The topological polar surface area (TPSA) is 42.9 Å². The van der Waals surface area contributed by atoms with Crippen LogP contribution < -0.4 is 0 Å². The summed E-state index contributed by atoms with van der Waals surface area (Å²) < 4.78 is 0. The van der Waals surface area contributed by atoms with Gasteiger partial charge in [0.1, 0.15) is 5.01 Å². The summed E-state index contributed by atoms with van der Waals surface area (Å²) in [5.74, 6) is 0.00684. The summed E-state index contributed by atoms with van der Waals surface area (Å²) >= 11 is 2.96. The Hall–Kier alpha value is -2.11. The van der Waals surface area contributed by atoms with Crippen LogP contribution in [0.4, 0.5) is 0 Å². The number of thiazole rings is 1. The molecule has 0 fully saturated rings. The average Bonchev–Trinajstić information content (AvgIpc) is 3.17. The first-order chi connectivity index (χ1) is 9.83. The summed E-state index contributed by atoms with van der Waals surface area (Å²) in [5.41, 5.74) is 1.63. The SMILES string of the molecule is O=C(/C=C\c1csc(-c2ccccn2)n1)c1cccs1. The lowest BCUT2D eigenvalue weighted by molar-refractivity contribution is 0.105. The van der Waals surface area contributed by atoms with Gasteiger partial charge in [0.25, 0.3) is 0 Å². The van der Waals surface area contributed by atoms with E-state index < -0.39 is 0 Å². The van der Waals surface area contributed by atoms with E-state index >= 15 is 0 Å². The van der Waals surface area contributed by atoms with Crippen molar-refractivity contribution in [3.05, 3.63) is 63.9 Å². The van der Waals surface area contributed by atoms with Gasteiger partial charge in [0.05, 0.1) is 16.3 Å². The second kappa shape index (κ2) is 5.90. The third-order valence-electron chi connectivity index (χ3n) is 2.58. The molecule has 0 aliphatic carbocycles. The number of hydrogen-bond donors (Lipinski definition) is 0. The van der Waals surface area contributed by atoms with Crippen LogP contribution in [-0.2, 0) is 0 Å². The lowest BCUT2D eigenvalue weighted by Gasteiger charge is -1.92. The Morgan fingerprint density at radius 3 is 2.85 bits per heavy atom. The van der Waals surface area contributed by atoms with Crippen LogP contribution >= 0.6 is 22.7 Å². The van der Waals surface area contributed by atoms with Crippen LogP contribution in [0.3, 0.4) is 0 Å². The number of rotatable bonds is 4. The fourth-order valence-electron chi connectivity index (χ4n) is 1.63. The van der Waals surface area contributed by atoms with E-state index in [1.807, 2.05) is 41.1 Å². The highest BCUT2D eigenvalue weighted by Gasteiger charge is 2.05. The van der Waals surface area contributed by atoms with E-state index in [2.05, 4.69) is 9.97 Å². The maximum absolute atomic E-state index is 11.8. The molecule has 0 aliphatic heterocycles. The fourth-order valence-corrected chi connectivity index (χ4v) is 3.04. The molecular weight excluding hydrogens is 288 g/mol. The largest absolute Gasteiger partial charge is 0.288 e. The monoisotopic (exact) mass is 298 g/mol. The summed E-state index contributed by atoms with van der Waals surface area (Å²) in [5, 5.41) is 4.67. The summed E-state index contributed by atoms with van der Waals surface area (Å²) in [6.07, 6.45) is 5.04. The Labute approximate surface area is 124 Å². The zero-order valence-corrected chi connectivity index (χ0v) is 12.0. The van der Waals surface area contributed by atoms with Crippen molar-refractivity contribution in [3.63, 3.8) is 0 Å². The number of carbonyl (C=O) groups excluding carboxylic acids is 1. The lowest BCUT2D eigenvalue weighted by Crippen LogP contribution is -1.88. The zero-order valence-electron chi connectivity index (χ0n) is 10.4. The second-order valence-corrected chi connectivity index (χ2v) is 5.77. The van der Waals surface area contributed by atoms with Crippen molar-refractivity contribution in [1.82, 2.24) is 9.97 Å². The highest BCUT2D eigenvalue weighted by atomic mass is 32.1. The van der Waals surface area contributed by atoms with Crippen molar-refractivity contribution in [2.45, 2.75) is 0 Å². The fraction of sp³-hybridized carbons (Fsp3) is 0. The van der Waals surface area contributed by atoms with E-state index in [-0.39, 0.29) is 5.78 Å². The van der Waals surface area contributed by atoms with Gasteiger partial charge in [-0.05, 0) is 35.7 Å². The molecule has 5 heteroatoms. The molecule has 0 N–H and O–H groups in total. The number of carbonyl (C=O) groups is 1. The highest BCUT2D eigenvalue weighted by Crippen LogP contribution is 2.22.